The molecule has 0 unspecified atom stereocenters. The fourth-order valence-corrected chi connectivity index (χ4v) is 4.97. The molecule has 0 saturated heterocycles. The van der Waals surface area contributed by atoms with Gasteiger partial charge in [-0.05, 0) is 25.7 Å². The van der Waals surface area contributed by atoms with Crippen LogP contribution >= 0.6 is 0 Å². The first-order valence-electron chi connectivity index (χ1n) is 15.4. The van der Waals surface area contributed by atoms with Gasteiger partial charge in [0.2, 0.25) is 6.33 Å². The molecule has 0 amide bonds. The van der Waals surface area contributed by atoms with E-state index in [1.54, 1.807) is 0 Å². The second kappa shape index (κ2) is 24.3. The number of aromatic nitrogens is 2. The molecule has 1 aromatic rings. The van der Waals surface area contributed by atoms with Crippen LogP contribution in [0.25, 0.3) is 0 Å². The maximum absolute atomic E-state index is 2.40. The van der Waals surface area contributed by atoms with Crippen LogP contribution in [-0.2, 0) is 13.1 Å². The Labute approximate surface area is 208 Å². The number of imidazole rings is 1. The summed E-state index contributed by atoms with van der Waals surface area (Å²) in [6.07, 6.45) is 41.2. The van der Waals surface area contributed by atoms with Gasteiger partial charge in [0, 0.05) is 0 Å². The molecule has 0 aliphatic rings. The highest BCUT2D eigenvalue weighted by Crippen LogP contribution is 2.13. The van der Waals surface area contributed by atoms with Crippen molar-refractivity contribution in [3.05, 3.63) is 18.7 Å². The van der Waals surface area contributed by atoms with Crippen molar-refractivity contribution in [2.75, 3.05) is 0 Å². The first-order valence-corrected chi connectivity index (χ1v) is 15.4. The van der Waals surface area contributed by atoms with Crippen molar-refractivity contribution in [3.63, 3.8) is 0 Å². The van der Waals surface area contributed by atoms with Crippen LogP contribution in [0.4, 0.5) is 0 Å². The molecule has 0 bridgehead atoms. The molecule has 0 radical (unpaired) electrons. The topological polar surface area (TPSA) is 8.81 Å². The number of hydrogen-bond donors (Lipinski definition) is 0. The lowest BCUT2D eigenvalue weighted by atomic mass is 10.0. The van der Waals surface area contributed by atoms with Crippen molar-refractivity contribution in [1.29, 1.82) is 0 Å². The van der Waals surface area contributed by atoms with Gasteiger partial charge in [0.15, 0.2) is 0 Å². The average molecular weight is 462 g/mol. The third-order valence-corrected chi connectivity index (χ3v) is 7.29. The number of unbranched alkanes of at least 4 members (excludes halogenated alkanes) is 22. The summed E-state index contributed by atoms with van der Waals surface area (Å²) in [5.74, 6) is 0. The molecule has 0 saturated carbocycles. The fourth-order valence-electron chi connectivity index (χ4n) is 4.97. The Bertz CT molecular complexity index is 493. The summed E-state index contributed by atoms with van der Waals surface area (Å²) < 4.78 is 4.79. The van der Waals surface area contributed by atoms with Crippen LogP contribution in [0.15, 0.2) is 18.7 Å². The number of hydrogen-bond acceptors (Lipinski definition) is 0. The number of rotatable bonds is 26. The SMILES string of the molecule is CCCCCCCCCCCCCCCCCn1cc[n+](CCCCCCCCCCC)c1. The van der Waals surface area contributed by atoms with E-state index in [0.29, 0.717) is 0 Å². The Morgan fingerprint density at radius 2 is 0.818 bits per heavy atom. The summed E-state index contributed by atoms with van der Waals surface area (Å²) in [4.78, 5) is 0. The van der Waals surface area contributed by atoms with E-state index in [1.807, 2.05) is 0 Å². The molecule has 33 heavy (non-hydrogen) atoms. The maximum Gasteiger partial charge on any atom is 0.243 e. The molecule has 2 nitrogen and oxygen atoms in total. The standard InChI is InChI=1S/C31H61N2/c1-3-5-7-9-11-13-14-15-16-17-18-20-22-24-26-28-33-30-29-32(31-33)27-25-23-21-19-12-10-8-6-4-2/h29-31H,3-28H2,1-2H3/q+1. The molecule has 194 valence electrons. The van der Waals surface area contributed by atoms with E-state index in [9.17, 15) is 0 Å². The zero-order valence-corrected chi connectivity index (χ0v) is 23.0. The molecule has 0 atom stereocenters. The van der Waals surface area contributed by atoms with E-state index in [0.717, 1.165) is 0 Å². The molecule has 0 spiro atoms. The zero-order valence-electron chi connectivity index (χ0n) is 23.0. The Morgan fingerprint density at radius 1 is 0.455 bits per heavy atom. The lowest BCUT2D eigenvalue weighted by molar-refractivity contribution is -0.696. The molecule has 1 heterocycles. The van der Waals surface area contributed by atoms with Gasteiger partial charge in [-0.1, -0.05) is 142 Å². The molecule has 1 aromatic heterocycles. The van der Waals surface area contributed by atoms with Gasteiger partial charge in [-0.2, -0.15) is 0 Å². The Hall–Kier alpha value is -0.790. The average Bonchev–Trinajstić information content (AvgIpc) is 3.28. The van der Waals surface area contributed by atoms with Crippen LogP contribution in [0.1, 0.15) is 168 Å². The summed E-state index contributed by atoms with van der Waals surface area (Å²) in [5, 5.41) is 0. The van der Waals surface area contributed by atoms with Crippen molar-refractivity contribution in [2.45, 2.75) is 181 Å². The van der Waals surface area contributed by atoms with Crippen molar-refractivity contribution in [3.8, 4) is 0 Å². The van der Waals surface area contributed by atoms with E-state index >= 15 is 0 Å². The molecule has 0 aliphatic heterocycles. The van der Waals surface area contributed by atoms with Crippen LogP contribution in [0.3, 0.4) is 0 Å². The van der Waals surface area contributed by atoms with E-state index in [2.05, 4.69) is 41.7 Å². The maximum atomic E-state index is 2.40. The van der Waals surface area contributed by atoms with Crippen molar-refractivity contribution in [1.82, 2.24) is 4.57 Å². The van der Waals surface area contributed by atoms with Crippen LogP contribution in [0, 0.1) is 0 Å². The second-order valence-corrected chi connectivity index (χ2v) is 10.7. The Kier molecular flexibility index (Phi) is 22.3. The third-order valence-electron chi connectivity index (χ3n) is 7.29. The first kappa shape index (κ1) is 30.2. The van der Waals surface area contributed by atoms with Gasteiger partial charge >= 0.3 is 0 Å². The summed E-state index contributed by atoms with van der Waals surface area (Å²) in [6.45, 7) is 6.99. The normalized spacial score (nSPS) is 11.5. The highest BCUT2D eigenvalue weighted by atomic mass is 15.1. The minimum absolute atomic E-state index is 1.20. The largest absolute Gasteiger partial charge is 0.243 e. The van der Waals surface area contributed by atoms with E-state index in [-0.39, 0.29) is 0 Å². The lowest BCUT2D eigenvalue weighted by Crippen LogP contribution is -2.30. The van der Waals surface area contributed by atoms with Gasteiger partial charge in [0.25, 0.3) is 0 Å². The molecular weight excluding hydrogens is 400 g/mol. The van der Waals surface area contributed by atoms with Gasteiger partial charge < -0.3 is 0 Å². The van der Waals surface area contributed by atoms with Gasteiger partial charge in [0.1, 0.15) is 12.4 Å². The van der Waals surface area contributed by atoms with E-state index < -0.39 is 0 Å². The smallest absolute Gasteiger partial charge is 0.237 e. The second-order valence-electron chi connectivity index (χ2n) is 10.7. The van der Waals surface area contributed by atoms with Gasteiger partial charge in [0.05, 0.1) is 13.1 Å². The van der Waals surface area contributed by atoms with E-state index in [4.69, 9.17) is 0 Å². The summed E-state index contributed by atoms with van der Waals surface area (Å²) >= 11 is 0. The fraction of sp³-hybridized carbons (Fsp3) is 0.903. The highest BCUT2D eigenvalue weighted by Gasteiger charge is 2.03. The lowest BCUT2D eigenvalue weighted by Gasteiger charge is -2.03. The van der Waals surface area contributed by atoms with Crippen molar-refractivity contribution in [2.24, 2.45) is 0 Å². The highest BCUT2D eigenvalue weighted by molar-refractivity contribution is 4.66. The summed E-state index contributed by atoms with van der Waals surface area (Å²) in [5.41, 5.74) is 0. The number of nitrogens with zero attached hydrogens (tertiary/aromatic N) is 2. The molecule has 0 aromatic carbocycles. The minimum Gasteiger partial charge on any atom is -0.237 e. The van der Waals surface area contributed by atoms with E-state index in [1.165, 1.54) is 167 Å². The zero-order chi connectivity index (χ0) is 23.7. The molecule has 2 heteroatoms. The van der Waals surface area contributed by atoms with Gasteiger partial charge in [-0.25, -0.2) is 9.13 Å². The summed E-state index contributed by atoms with van der Waals surface area (Å²) in [6, 6.07) is 0. The monoisotopic (exact) mass is 461 g/mol. The van der Waals surface area contributed by atoms with Crippen LogP contribution < -0.4 is 4.57 Å². The molecule has 0 N–H and O–H groups in total. The summed E-state index contributed by atoms with van der Waals surface area (Å²) in [7, 11) is 0. The Balaban J connectivity index is 1.82. The predicted octanol–water partition coefficient (Wildman–Crippen LogP) is 10.2. The van der Waals surface area contributed by atoms with Crippen LogP contribution in [0.2, 0.25) is 0 Å². The molecule has 1 rings (SSSR count). The quantitative estimate of drug-likeness (QED) is 0.0958. The first-order chi connectivity index (χ1) is 16.4. The molecule has 0 aliphatic carbocycles. The van der Waals surface area contributed by atoms with Crippen molar-refractivity contribution >= 4 is 0 Å². The van der Waals surface area contributed by atoms with Crippen LogP contribution in [0.5, 0.6) is 0 Å². The van der Waals surface area contributed by atoms with Gasteiger partial charge in [-0.15, -0.1) is 0 Å². The molecule has 0 fully saturated rings. The van der Waals surface area contributed by atoms with Gasteiger partial charge in [-0.3, -0.25) is 0 Å². The van der Waals surface area contributed by atoms with Crippen LogP contribution in [-0.4, -0.2) is 4.57 Å². The third kappa shape index (κ3) is 20.3. The predicted molar refractivity (Wildman–Crippen MR) is 147 cm³/mol. The molecular formula is C31H61N2+. The Morgan fingerprint density at radius 3 is 1.24 bits per heavy atom. The van der Waals surface area contributed by atoms with Crippen molar-refractivity contribution < 1.29 is 4.57 Å². The number of aryl methyl sites for hydroxylation is 2. The minimum atomic E-state index is 1.20.